The molecule has 1 aromatic carbocycles. The first-order valence-corrected chi connectivity index (χ1v) is 7.71. The van der Waals surface area contributed by atoms with E-state index in [4.69, 9.17) is 4.74 Å². The summed E-state index contributed by atoms with van der Waals surface area (Å²) in [6.07, 6.45) is 0.254. The van der Waals surface area contributed by atoms with Crippen LogP contribution >= 0.6 is 11.3 Å². The van der Waals surface area contributed by atoms with Gasteiger partial charge < -0.3 is 15.4 Å². The number of aromatic nitrogens is 1. The molecule has 1 amide bonds. The van der Waals surface area contributed by atoms with Gasteiger partial charge in [0, 0.05) is 12.4 Å². The summed E-state index contributed by atoms with van der Waals surface area (Å²) in [6.45, 7) is 2.14. The van der Waals surface area contributed by atoms with Crippen LogP contribution in [0.25, 0.3) is 0 Å². The number of hydrogen-bond acceptors (Lipinski definition) is 5. The number of nitrogens with zero attached hydrogens (tertiary/aromatic N) is 1. The Morgan fingerprint density at radius 1 is 1.38 bits per heavy atom. The van der Waals surface area contributed by atoms with Gasteiger partial charge in [-0.3, -0.25) is 0 Å². The standard InChI is InChI=1S/C15H19N3O2S/c1-3-20-15(19)18-12(9-11-7-5-4-6-8-11)13-10-21-14(16-2)17-13/h4-8,10,12H,3,9H2,1-2H3,(H,16,17)(H,18,19)/t12-/m0/s1. The van der Waals surface area contributed by atoms with Crippen LogP contribution in [-0.2, 0) is 11.2 Å². The molecule has 5 nitrogen and oxygen atoms in total. The number of nitrogens with one attached hydrogen (secondary N) is 2. The van der Waals surface area contributed by atoms with Crippen molar-refractivity contribution in [3.63, 3.8) is 0 Å². The smallest absolute Gasteiger partial charge is 0.407 e. The Morgan fingerprint density at radius 2 is 2.14 bits per heavy atom. The lowest BCUT2D eigenvalue weighted by molar-refractivity contribution is 0.147. The van der Waals surface area contributed by atoms with Gasteiger partial charge >= 0.3 is 6.09 Å². The Bertz CT molecular complexity index is 571. The highest BCUT2D eigenvalue weighted by atomic mass is 32.1. The van der Waals surface area contributed by atoms with Crippen LogP contribution in [0.1, 0.15) is 24.2 Å². The zero-order valence-electron chi connectivity index (χ0n) is 12.1. The van der Waals surface area contributed by atoms with Crippen LogP contribution in [-0.4, -0.2) is 24.7 Å². The highest BCUT2D eigenvalue weighted by Gasteiger charge is 2.18. The number of rotatable bonds is 6. The van der Waals surface area contributed by atoms with Crippen LogP contribution in [0.2, 0.25) is 0 Å². The Labute approximate surface area is 128 Å². The molecule has 0 aliphatic heterocycles. The summed E-state index contributed by atoms with van der Waals surface area (Å²) >= 11 is 1.51. The Balaban J connectivity index is 2.15. The predicted molar refractivity (Wildman–Crippen MR) is 84.7 cm³/mol. The molecule has 0 aliphatic carbocycles. The molecule has 0 saturated heterocycles. The predicted octanol–water partition coefficient (Wildman–Crippen LogP) is 3.21. The van der Waals surface area contributed by atoms with Crippen molar-refractivity contribution in [2.75, 3.05) is 19.0 Å². The van der Waals surface area contributed by atoms with Crippen molar-refractivity contribution in [3.05, 3.63) is 47.0 Å². The maximum absolute atomic E-state index is 11.7. The second-order valence-electron chi connectivity index (χ2n) is 4.43. The van der Waals surface area contributed by atoms with E-state index >= 15 is 0 Å². The van der Waals surface area contributed by atoms with Gasteiger partial charge in [0.05, 0.1) is 18.3 Å². The first-order valence-electron chi connectivity index (χ1n) is 6.83. The number of carbonyl (C=O) groups excluding carboxylic acids is 1. The fraction of sp³-hybridized carbons (Fsp3) is 0.333. The van der Waals surface area contributed by atoms with Crippen molar-refractivity contribution in [1.82, 2.24) is 10.3 Å². The van der Waals surface area contributed by atoms with Crippen molar-refractivity contribution >= 4 is 22.6 Å². The van der Waals surface area contributed by atoms with Crippen molar-refractivity contribution < 1.29 is 9.53 Å². The van der Waals surface area contributed by atoms with E-state index in [9.17, 15) is 4.79 Å². The van der Waals surface area contributed by atoms with E-state index in [0.717, 1.165) is 16.4 Å². The van der Waals surface area contributed by atoms with Crippen LogP contribution in [0, 0.1) is 0 Å². The topological polar surface area (TPSA) is 63.2 Å². The third-order valence-corrected chi connectivity index (χ3v) is 3.82. The number of ether oxygens (including phenoxy) is 1. The number of alkyl carbamates (subject to hydrolysis) is 1. The normalized spacial score (nSPS) is 11.7. The SMILES string of the molecule is CCOC(=O)N[C@@H](Cc1ccccc1)c1csc(NC)n1. The van der Waals surface area contributed by atoms with Crippen molar-refractivity contribution in [3.8, 4) is 0 Å². The second-order valence-corrected chi connectivity index (χ2v) is 5.29. The minimum Gasteiger partial charge on any atom is -0.450 e. The lowest BCUT2D eigenvalue weighted by atomic mass is 10.0. The first kappa shape index (κ1) is 15.3. The molecule has 0 fully saturated rings. The third kappa shape index (κ3) is 4.46. The summed E-state index contributed by atoms with van der Waals surface area (Å²) < 4.78 is 4.97. The van der Waals surface area contributed by atoms with Crippen molar-refractivity contribution in [2.24, 2.45) is 0 Å². The number of thiazole rings is 1. The molecule has 0 spiro atoms. The average molecular weight is 305 g/mol. The van der Waals surface area contributed by atoms with Gasteiger partial charge in [0.15, 0.2) is 5.13 Å². The van der Waals surface area contributed by atoms with Gasteiger partial charge in [-0.1, -0.05) is 30.3 Å². The Kier molecular flexibility index (Phi) is 5.57. The van der Waals surface area contributed by atoms with Gasteiger partial charge in [-0.15, -0.1) is 11.3 Å². The molecule has 2 aromatic rings. The zero-order valence-corrected chi connectivity index (χ0v) is 12.9. The van der Waals surface area contributed by atoms with Gasteiger partial charge in [0.25, 0.3) is 0 Å². The van der Waals surface area contributed by atoms with E-state index in [1.54, 1.807) is 6.92 Å². The summed E-state index contributed by atoms with van der Waals surface area (Å²) in [4.78, 5) is 16.2. The lowest BCUT2D eigenvalue weighted by Crippen LogP contribution is -2.30. The largest absolute Gasteiger partial charge is 0.450 e. The fourth-order valence-corrected chi connectivity index (χ4v) is 2.68. The van der Waals surface area contributed by atoms with E-state index in [0.29, 0.717) is 13.0 Å². The minimum absolute atomic E-state index is 0.204. The molecule has 1 heterocycles. The first-order chi connectivity index (χ1) is 10.2. The highest BCUT2D eigenvalue weighted by molar-refractivity contribution is 7.13. The summed E-state index contributed by atoms with van der Waals surface area (Å²) in [7, 11) is 1.83. The molecule has 0 saturated carbocycles. The summed E-state index contributed by atoms with van der Waals surface area (Å²) in [5.41, 5.74) is 1.97. The number of benzene rings is 1. The van der Waals surface area contributed by atoms with Crippen molar-refractivity contribution in [1.29, 1.82) is 0 Å². The molecule has 0 bridgehead atoms. The molecule has 112 valence electrons. The summed E-state index contributed by atoms with van der Waals surface area (Å²) in [6, 6.07) is 9.80. The van der Waals surface area contributed by atoms with E-state index in [1.165, 1.54) is 11.3 Å². The van der Waals surface area contributed by atoms with Gasteiger partial charge in [-0.05, 0) is 18.9 Å². The average Bonchev–Trinajstić information content (AvgIpc) is 2.97. The minimum atomic E-state index is -0.419. The van der Waals surface area contributed by atoms with Crippen LogP contribution in [0.3, 0.4) is 0 Å². The molecule has 6 heteroatoms. The quantitative estimate of drug-likeness (QED) is 0.860. The molecule has 0 radical (unpaired) electrons. The van der Waals surface area contributed by atoms with Gasteiger partial charge in [0.1, 0.15) is 0 Å². The Hall–Kier alpha value is -2.08. The van der Waals surface area contributed by atoms with Crippen LogP contribution < -0.4 is 10.6 Å². The summed E-state index contributed by atoms with van der Waals surface area (Å²) in [5, 5.41) is 8.66. The lowest BCUT2D eigenvalue weighted by Gasteiger charge is -2.16. The number of hydrogen-bond donors (Lipinski definition) is 2. The molecular weight excluding hydrogens is 286 g/mol. The van der Waals surface area contributed by atoms with E-state index in [2.05, 4.69) is 15.6 Å². The second kappa shape index (κ2) is 7.64. The maximum Gasteiger partial charge on any atom is 0.407 e. The van der Waals surface area contributed by atoms with Crippen LogP contribution in [0.15, 0.2) is 35.7 Å². The summed E-state index contributed by atoms with van der Waals surface area (Å²) in [5.74, 6) is 0. The zero-order chi connectivity index (χ0) is 15.1. The number of anilines is 1. The monoisotopic (exact) mass is 305 g/mol. The van der Waals surface area contributed by atoms with Crippen molar-refractivity contribution in [2.45, 2.75) is 19.4 Å². The molecule has 0 aliphatic rings. The molecule has 2 N–H and O–H groups in total. The molecule has 1 atom stereocenters. The number of carbonyl (C=O) groups is 1. The highest BCUT2D eigenvalue weighted by Crippen LogP contribution is 2.23. The van der Waals surface area contributed by atoms with Crippen LogP contribution in [0.5, 0.6) is 0 Å². The van der Waals surface area contributed by atoms with E-state index < -0.39 is 6.09 Å². The van der Waals surface area contributed by atoms with E-state index in [-0.39, 0.29) is 6.04 Å². The third-order valence-electron chi connectivity index (χ3n) is 2.94. The molecule has 21 heavy (non-hydrogen) atoms. The fourth-order valence-electron chi connectivity index (χ4n) is 1.96. The molecule has 0 unspecified atom stereocenters. The van der Waals surface area contributed by atoms with Gasteiger partial charge in [0.2, 0.25) is 0 Å². The number of amides is 1. The van der Waals surface area contributed by atoms with Crippen LogP contribution in [0.4, 0.5) is 9.93 Å². The Morgan fingerprint density at radius 3 is 2.76 bits per heavy atom. The van der Waals surface area contributed by atoms with Gasteiger partial charge in [-0.25, -0.2) is 9.78 Å². The molecule has 2 rings (SSSR count). The van der Waals surface area contributed by atoms with E-state index in [1.807, 2.05) is 42.8 Å². The molecule has 1 aromatic heterocycles. The molecular formula is C15H19N3O2S. The van der Waals surface area contributed by atoms with Gasteiger partial charge in [-0.2, -0.15) is 0 Å². The maximum atomic E-state index is 11.7.